The third-order valence-corrected chi connectivity index (χ3v) is 5.41. The number of methoxy groups -OCH3 is 1. The number of anilines is 3. The molecule has 5 heterocycles. The van der Waals surface area contributed by atoms with E-state index < -0.39 is 5.82 Å². The molecule has 0 aromatic carbocycles. The SMILES string of the molecule is COc1cccc(-c2nc(Nc3ccncc3F)c3cc(NC(=O)CN4CCOCC4)cn3n2)n1. The highest BCUT2D eigenvalue weighted by Gasteiger charge is 2.17. The average Bonchev–Trinajstić information content (AvgIpc) is 3.28. The lowest BCUT2D eigenvalue weighted by Gasteiger charge is -2.25. The second kappa shape index (κ2) is 9.99. The summed E-state index contributed by atoms with van der Waals surface area (Å²) in [7, 11) is 1.52. The second-order valence-electron chi connectivity index (χ2n) is 7.83. The lowest BCUT2D eigenvalue weighted by molar-refractivity contribution is -0.118. The van der Waals surface area contributed by atoms with Crippen molar-refractivity contribution in [1.82, 2.24) is 29.5 Å². The zero-order valence-corrected chi connectivity index (χ0v) is 18.9. The molecule has 1 saturated heterocycles. The summed E-state index contributed by atoms with van der Waals surface area (Å²) in [6.45, 7) is 2.90. The van der Waals surface area contributed by atoms with Crippen molar-refractivity contribution in [3.8, 4) is 17.4 Å². The molecule has 4 aromatic heterocycles. The van der Waals surface area contributed by atoms with Gasteiger partial charge in [-0.05, 0) is 18.2 Å². The highest BCUT2D eigenvalue weighted by atomic mass is 19.1. The average molecular weight is 478 g/mol. The standard InChI is InChI=1S/C23H23FN8O3/c1-34-21-4-2-3-18(27-21)22-29-23(28-17-5-6-25-12-16(17)24)19-11-15(13-32(19)30-22)26-20(33)14-31-7-9-35-10-8-31/h2-6,11-13H,7-10,14H2,1H3,(H,26,33)(H,25,28,29,30). The molecule has 4 aromatic rings. The summed E-state index contributed by atoms with van der Waals surface area (Å²) >= 11 is 0. The van der Waals surface area contributed by atoms with Gasteiger partial charge in [-0.2, -0.15) is 0 Å². The Kier molecular flexibility index (Phi) is 6.46. The number of carbonyl (C=O) groups is 1. The Morgan fingerprint density at radius 3 is 2.89 bits per heavy atom. The number of fused-ring (bicyclic) bond motifs is 1. The van der Waals surface area contributed by atoms with Crippen LogP contribution in [0.2, 0.25) is 0 Å². The Balaban J connectivity index is 1.49. The van der Waals surface area contributed by atoms with E-state index in [4.69, 9.17) is 9.47 Å². The third-order valence-electron chi connectivity index (χ3n) is 5.41. The van der Waals surface area contributed by atoms with Crippen molar-refractivity contribution in [3.05, 3.63) is 54.7 Å². The molecule has 0 radical (unpaired) electrons. The smallest absolute Gasteiger partial charge is 0.238 e. The monoisotopic (exact) mass is 478 g/mol. The van der Waals surface area contributed by atoms with Crippen LogP contribution in [-0.4, -0.2) is 75.3 Å². The number of rotatable bonds is 7. The first kappa shape index (κ1) is 22.6. The number of nitrogens with zero attached hydrogens (tertiary/aromatic N) is 6. The number of morpholine rings is 1. The van der Waals surface area contributed by atoms with E-state index in [1.807, 2.05) is 4.90 Å². The van der Waals surface area contributed by atoms with E-state index in [2.05, 4.69) is 30.7 Å². The van der Waals surface area contributed by atoms with Crippen LogP contribution in [0.3, 0.4) is 0 Å². The minimum Gasteiger partial charge on any atom is -0.481 e. The molecule has 12 heteroatoms. The van der Waals surface area contributed by atoms with E-state index in [1.54, 1.807) is 35.0 Å². The molecule has 0 atom stereocenters. The van der Waals surface area contributed by atoms with Crippen LogP contribution in [0.1, 0.15) is 0 Å². The molecule has 1 aliphatic heterocycles. The zero-order valence-electron chi connectivity index (χ0n) is 18.9. The van der Waals surface area contributed by atoms with Crippen LogP contribution < -0.4 is 15.4 Å². The van der Waals surface area contributed by atoms with E-state index in [0.29, 0.717) is 54.9 Å². The zero-order chi connectivity index (χ0) is 24.2. The van der Waals surface area contributed by atoms with E-state index in [9.17, 15) is 9.18 Å². The first-order valence-electron chi connectivity index (χ1n) is 11.0. The predicted octanol–water partition coefficient (Wildman–Crippen LogP) is 2.35. The fourth-order valence-electron chi connectivity index (χ4n) is 3.69. The summed E-state index contributed by atoms with van der Waals surface area (Å²) in [5.41, 5.74) is 1.74. The number of halogens is 1. The number of carbonyl (C=O) groups excluding carboxylic acids is 1. The Morgan fingerprint density at radius 2 is 2.09 bits per heavy atom. The molecule has 2 N–H and O–H groups in total. The molecule has 180 valence electrons. The van der Waals surface area contributed by atoms with Crippen LogP contribution in [0.4, 0.5) is 21.6 Å². The van der Waals surface area contributed by atoms with Gasteiger partial charge in [0.2, 0.25) is 17.6 Å². The number of hydrogen-bond donors (Lipinski definition) is 2. The van der Waals surface area contributed by atoms with Crippen LogP contribution in [0.25, 0.3) is 17.0 Å². The van der Waals surface area contributed by atoms with Crippen LogP contribution in [0, 0.1) is 5.82 Å². The summed E-state index contributed by atoms with van der Waals surface area (Å²) in [6.07, 6.45) is 4.26. The highest BCUT2D eigenvalue weighted by Crippen LogP contribution is 2.27. The highest BCUT2D eigenvalue weighted by molar-refractivity contribution is 5.93. The maximum atomic E-state index is 14.3. The molecule has 0 saturated carbocycles. The number of hydrogen-bond acceptors (Lipinski definition) is 9. The van der Waals surface area contributed by atoms with E-state index >= 15 is 0 Å². The van der Waals surface area contributed by atoms with Crippen molar-refractivity contribution < 1.29 is 18.7 Å². The van der Waals surface area contributed by atoms with Crippen LogP contribution in [-0.2, 0) is 9.53 Å². The predicted molar refractivity (Wildman–Crippen MR) is 126 cm³/mol. The summed E-state index contributed by atoms with van der Waals surface area (Å²) < 4.78 is 26.4. The van der Waals surface area contributed by atoms with Crippen molar-refractivity contribution in [2.75, 3.05) is 50.6 Å². The second-order valence-corrected chi connectivity index (χ2v) is 7.83. The molecular weight excluding hydrogens is 455 g/mol. The van der Waals surface area contributed by atoms with Crippen molar-refractivity contribution in [2.24, 2.45) is 0 Å². The normalized spacial score (nSPS) is 14.1. The number of pyridine rings is 2. The maximum absolute atomic E-state index is 14.3. The third kappa shape index (κ3) is 5.18. The quantitative estimate of drug-likeness (QED) is 0.413. The molecular formula is C23H23FN8O3. The molecule has 1 amide bonds. The van der Waals surface area contributed by atoms with Gasteiger partial charge in [-0.1, -0.05) is 6.07 Å². The van der Waals surface area contributed by atoms with Gasteiger partial charge < -0.3 is 20.1 Å². The Labute approximate surface area is 199 Å². The fraction of sp³-hybridized carbons (Fsp3) is 0.261. The van der Waals surface area contributed by atoms with Gasteiger partial charge >= 0.3 is 0 Å². The molecule has 1 aliphatic rings. The number of aromatic nitrogens is 5. The van der Waals surface area contributed by atoms with Gasteiger partial charge in [0.1, 0.15) is 11.2 Å². The van der Waals surface area contributed by atoms with E-state index in [0.717, 1.165) is 6.20 Å². The van der Waals surface area contributed by atoms with Crippen molar-refractivity contribution in [2.45, 2.75) is 0 Å². The minimum atomic E-state index is -0.532. The topological polar surface area (TPSA) is 119 Å². The lowest BCUT2D eigenvalue weighted by atomic mass is 10.3. The molecule has 0 aliphatic carbocycles. The van der Waals surface area contributed by atoms with E-state index in [-0.39, 0.29) is 24.0 Å². The van der Waals surface area contributed by atoms with Crippen molar-refractivity contribution >= 4 is 28.6 Å². The Morgan fingerprint density at radius 1 is 1.23 bits per heavy atom. The first-order valence-corrected chi connectivity index (χ1v) is 11.0. The van der Waals surface area contributed by atoms with Gasteiger partial charge in [0.15, 0.2) is 11.6 Å². The Hall–Kier alpha value is -4.16. The number of ether oxygens (including phenoxy) is 2. The van der Waals surface area contributed by atoms with Gasteiger partial charge in [0, 0.05) is 25.4 Å². The molecule has 0 bridgehead atoms. The van der Waals surface area contributed by atoms with Crippen LogP contribution in [0.5, 0.6) is 5.88 Å². The minimum absolute atomic E-state index is 0.153. The molecule has 0 spiro atoms. The number of nitrogens with one attached hydrogen (secondary N) is 2. The molecule has 11 nitrogen and oxygen atoms in total. The molecule has 0 unspecified atom stereocenters. The summed E-state index contributed by atoms with van der Waals surface area (Å²) in [5, 5.41) is 10.5. The molecule has 1 fully saturated rings. The van der Waals surface area contributed by atoms with Crippen molar-refractivity contribution in [3.63, 3.8) is 0 Å². The lowest BCUT2D eigenvalue weighted by Crippen LogP contribution is -2.41. The summed E-state index contributed by atoms with van der Waals surface area (Å²) in [5.74, 6) is 0.342. The first-order chi connectivity index (χ1) is 17.1. The van der Waals surface area contributed by atoms with E-state index in [1.165, 1.54) is 19.4 Å². The molecule has 35 heavy (non-hydrogen) atoms. The van der Waals surface area contributed by atoms with Gasteiger partial charge in [0.25, 0.3) is 0 Å². The Bertz CT molecular complexity index is 1360. The van der Waals surface area contributed by atoms with Gasteiger partial charge in [0.05, 0.1) is 50.6 Å². The summed E-state index contributed by atoms with van der Waals surface area (Å²) in [6, 6.07) is 8.46. The maximum Gasteiger partial charge on any atom is 0.238 e. The fourth-order valence-corrected chi connectivity index (χ4v) is 3.69. The van der Waals surface area contributed by atoms with Crippen LogP contribution >= 0.6 is 0 Å². The number of amides is 1. The van der Waals surface area contributed by atoms with Gasteiger partial charge in [-0.3, -0.25) is 14.7 Å². The summed E-state index contributed by atoms with van der Waals surface area (Å²) in [4.78, 5) is 27.4. The molecule has 5 rings (SSSR count). The largest absolute Gasteiger partial charge is 0.481 e. The van der Waals surface area contributed by atoms with Gasteiger partial charge in [-0.15, -0.1) is 5.10 Å². The van der Waals surface area contributed by atoms with Gasteiger partial charge in [-0.25, -0.2) is 18.9 Å². The van der Waals surface area contributed by atoms with Crippen molar-refractivity contribution in [1.29, 1.82) is 0 Å². The van der Waals surface area contributed by atoms with Crippen LogP contribution in [0.15, 0.2) is 48.9 Å².